The summed E-state index contributed by atoms with van der Waals surface area (Å²) in [5, 5.41) is 13.9. The van der Waals surface area contributed by atoms with E-state index < -0.39 is 5.97 Å². The average molecular weight is 361 g/mol. The van der Waals surface area contributed by atoms with Crippen molar-refractivity contribution in [2.75, 3.05) is 6.54 Å². The van der Waals surface area contributed by atoms with Gasteiger partial charge >= 0.3 is 5.97 Å². The number of hydrogen-bond donors (Lipinski definition) is 1. The van der Waals surface area contributed by atoms with Gasteiger partial charge in [-0.05, 0) is 17.7 Å². The van der Waals surface area contributed by atoms with Crippen LogP contribution < -0.4 is 0 Å². The maximum Gasteiger partial charge on any atom is 0.356 e. The van der Waals surface area contributed by atoms with Crippen molar-refractivity contribution in [2.24, 2.45) is 0 Å². The summed E-state index contributed by atoms with van der Waals surface area (Å²) in [6, 6.07) is 19.0. The standard InChI is InChI=1S/C21H19N3O3/c25-19(13-15-7-3-1-4-8-15)23-12-11-18-17(14-23)20(21(26)27)22-24(18)16-9-5-2-6-10-16/h1-10H,11-14H2,(H,26,27). The number of aromatic carboxylic acids is 1. The fourth-order valence-corrected chi connectivity index (χ4v) is 3.47. The van der Waals surface area contributed by atoms with Crippen molar-refractivity contribution < 1.29 is 14.7 Å². The molecule has 136 valence electrons. The normalized spacial score (nSPS) is 13.3. The Morgan fingerprint density at radius 2 is 1.67 bits per heavy atom. The molecule has 0 unspecified atom stereocenters. The topological polar surface area (TPSA) is 75.4 Å². The largest absolute Gasteiger partial charge is 0.476 e. The lowest BCUT2D eigenvalue weighted by atomic mass is 10.0. The summed E-state index contributed by atoms with van der Waals surface area (Å²) in [6.07, 6.45) is 0.885. The minimum absolute atomic E-state index is 0.00403. The Labute approximate surface area is 156 Å². The van der Waals surface area contributed by atoms with Crippen LogP contribution in [0, 0.1) is 0 Å². The summed E-state index contributed by atoms with van der Waals surface area (Å²) in [4.78, 5) is 26.1. The fraction of sp³-hybridized carbons (Fsp3) is 0.190. The molecule has 0 saturated heterocycles. The number of hydrogen-bond acceptors (Lipinski definition) is 3. The van der Waals surface area contributed by atoms with E-state index >= 15 is 0 Å². The molecule has 1 aromatic heterocycles. The van der Waals surface area contributed by atoms with E-state index in [0.29, 0.717) is 24.9 Å². The van der Waals surface area contributed by atoms with Gasteiger partial charge in [0.2, 0.25) is 5.91 Å². The van der Waals surface area contributed by atoms with Crippen LogP contribution in [0.15, 0.2) is 60.7 Å². The number of fused-ring (bicyclic) bond motifs is 1. The van der Waals surface area contributed by atoms with Crippen LogP contribution in [0.3, 0.4) is 0 Å². The van der Waals surface area contributed by atoms with Crippen LogP contribution >= 0.6 is 0 Å². The lowest BCUT2D eigenvalue weighted by Gasteiger charge is -2.28. The maximum absolute atomic E-state index is 12.7. The molecular formula is C21H19N3O3. The number of para-hydroxylation sites is 1. The Morgan fingerprint density at radius 3 is 2.33 bits per heavy atom. The first-order valence-electron chi connectivity index (χ1n) is 8.84. The molecule has 0 fully saturated rings. The molecule has 6 nitrogen and oxygen atoms in total. The van der Waals surface area contributed by atoms with Gasteiger partial charge in [0.25, 0.3) is 0 Å². The average Bonchev–Trinajstić information content (AvgIpc) is 3.08. The van der Waals surface area contributed by atoms with Gasteiger partial charge in [0.05, 0.1) is 17.8 Å². The number of aromatic nitrogens is 2. The second-order valence-corrected chi connectivity index (χ2v) is 6.55. The van der Waals surface area contributed by atoms with Gasteiger partial charge in [0.15, 0.2) is 5.69 Å². The summed E-state index contributed by atoms with van der Waals surface area (Å²) < 4.78 is 1.69. The first kappa shape index (κ1) is 17.0. The molecule has 1 N–H and O–H groups in total. The Morgan fingerprint density at radius 1 is 1.00 bits per heavy atom. The monoisotopic (exact) mass is 361 g/mol. The van der Waals surface area contributed by atoms with Gasteiger partial charge in [0.1, 0.15) is 0 Å². The van der Waals surface area contributed by atoms with Crippen LogP contribution in [0.4, 0.5) is 0 Å². The molecule has 1 aliphatic heterocycles. The molecule has 3 aromatic rings. The summed E-state index contributed by atoms with van der Waals surface area (Å²) in [6.45, 7) is 0.825. The predicted molar refractivity (Wildman–Crippen MR) is 99.8 cm³/mol. The van der Waals surface area contributed by atoms with Crippen molar-refractivity contribution in [2.45, 2.75) is 19.4 Å². The lowest BCUT2D eigenvalue weighted by molar-refractivity contribution is -0.131. The zero-order chi connectivity index (χ0) is 18.8. The molecule has 0 aliphatic carbocycles. The van der Waals surface area contributed by atoms with Gasteiger partial charge in [-0.3, -0.25) is 4.79 Å². The number of benzene rings is 2. The Balaban J connectivity index is 1.63. The molecule has 2 heterocycles. The van der Waals surface area contributed by atoms with Crippen molar-refractivity contribution in [3.8, 4) is 5.69 Å². The van der Waals surface area contributed by atoms with E-state index in [-0.39, 0.29) is 18.1 Å². The Hall–Kier alpha value is -3.41. The maximum atomic E-state index is 12.7. The third-order valence-electron chi connectivity index (χ3n) is 4.81. The third-order valence-corrected chi connectivity index (χ3v) is 4.81. The van der Waals surface area contributed by atoms with Crippen LogP contribution in [0.25, 0.3) is 5.69 Å². The SMILES string of the molecule is O=C(O)c1nn(-c2ccccc2)c2c1CN(C(=O)Cc1ccccc1)CC2. The van der Waals surface area contributed by atoms with Gasteiger partial charge in [0, 0.05) is 25.1 Å². The molecule has 4 rings (SSSR count). The van der Waals surface area contributed by atoms with Crippen molar-refractivity contribution in [3.63, 3.8) is 0 Å². The summed E-state index contributed by atoms with van der Waals surface area (Å²) in [5.74, 6) is -1.08. The highest BCUT2D eigenvalue weighted by atomic mass is 16.4. The van der Waals surface area contributed by atoms with E-state index in [1.165, 1.54) is 0 Å². The van der Waals surface area contributed by atoms with E-state index in [2.05, 4.69) is 5.10 Å². The van der Waals surface area contributed by atoms with E-state index in [4.69, 9.17) is 0 Å². The second-order valence-electron chi connectivity index (χ2n) is 6.55. The van der Waals surface area contributed by atoms with Crippen LogP contribution in [0.5, 0.6) is 0 Å². The number of carbonyl (C=O) groups is 2. The molecule has 27 heavy (non-hydrogen) atoms. The predicted octanol–water partition coefficient (Wildman–Crippen LogP) is 2.70. The number of carboxylic acids is 1. The van der Waals surface area contributed by atoms with Crippen molar-refractivity contribution >= 4 is 11.9 Å². The molecule has 0 bridgehead atoms. The van der Waals surface area contributed by atoms with E-state index in [1.807, 2.05) is 60.7 Å². The van der Waals surface area contributed by atoms with Crippen LogP contribution in [0.2, 0.25) is 0 Å². The smallest absolute Gasteiger partial charge is 0.356 e. The number of carboxylic acid groups (broad SMARTS) is 1. The summed E-state index contributed by atoms with van der Waals surface area (Å²) in [7, 11) is 0. The fourth-order valence-electron chi connectivity index (χ4n) is 3.47. The van der Waals surface area contributed by atoms with Gasteiger partial charge in [-0.1, -0.05) is 48.5 Å². The highest BCUT2D eigenvalue weighted by Crippen LogP contribution is 2.26. The first-order valence-corrected chi connectivity index (χ1v) is 8.84. The van der Waals surface area contributed by atoms with Gasteiger partial charge in [-0.15, -0.1) is 0 Å². The van der Waals surface area contributed by atoms with Crippen molar-refractivity contribution in [1.29, 1.82) is 0 Å². The molecule has 6 heteroatoms. The highest BCUT2D eigenvalue weighted by molar-refractivity contribution is 5.88. The molecule has 2 aromatic carbocycles. The third kappa shape index (κ3) is 3.33. The first-order chi connectivity index (χ1) is 13.1. The molecular weight excluding hydrogens is 342 g/mol. The van der Waals surface area contributed by atoms with E-state index in [9.17, 15) is 14.7 Å². The molecule has 0 radical (unpaired) electrons. The lowest BCUT2D eigenvalue weighted by Crippen LogP contribution is -2.37. The van der Waals surface area contributed by atoms with Crippen molar-refractivity contribution in [3.05, 3.63) is 83.2 Å². The van der Waals surface area contributed by atoms with Gasteiger partial charge in [-0.25, -0.2) is 9.48 Å². The Bertz CT molecular complexity index is 981. The number of amides is 1. The van der Waals surface area contributed by atoms with Gasteiger partial charge < -0.3 is 10.0 Å². The number of rotatable bonds is 4. The minimum Gasteiger partial charge on any atom is -0.476 e. The molecule has 1 aliphatic rings. The zero-order valence-corrected chi connectivity index (χ0v) is 14.7. The quantitative estimate of drug-likeness (QED) is 0.775. The van der Waals surface area contributed by atoms with Crippen molar-refractivity contribution in [1.82, 2.24) is 14.7 Å². The van der Waals surface area contributed by atoms with Crippen LogP contribution in [0.1, 0.15) is 27.3 Å². The Kier molecular flexibility index (Phi) is 4.46. The van der Waals surface area contributed by atoms with Crippen LogP contribution in [-0.4, -0.2) is 38.2 Å². The highest BCUT2D eigenvalue weighted by Gasteiger charge is 2.30. The molecule has 0 saturated carbocycles. The summed E-state index contributed by atoms with van der Waals surface area (Å²) in [5.41, 5.74) is 3.28. The molecule has 0 spiro atoms. The summed E-state index contributed by atoms with van der Waals surface area (Å²) >= 11 is 0. The second kappa shape index (κ2) is 7.07. The molecule has 1 amide bonds. The van der Waals surface area contributed by atoms with E-state index in [0.717, 1.165) is 16.9 Å². The molecule has 0 atom stereocenters. The number of carbonyl (C=O) groups excluding carboxylic acids is 1. The van der Waals surface area contributed by atoms with Gasteiger partial charge in [-0.2, -0.15) is 5.10 Å². The number of nitrogens with zero attached hydrogens (tertiary/aromatic N) is 3. The zero-order valence-electron chi connectivity index (χ0n) is 14.7. The van der Waals surface area contributed by atoms with Crippen LogP contribution in [-0.2, 0) is 24.2 Å². The minimum atomic E-state index is -1.07. The van der Waals surface area contributed by atoms with E-state index in [1.54, 1.807) is 9.58 Å².